The van der Waals surface area contributed by atoms with Gasteiger partial charge >= 0.3 is 6.09 Å². The summed E-state index contributed by atoms with van der Waals surface area (Å²) in [7, 11) is 0. The number of thiophene rings is 1. The highest BCUT2D eigenvalue weighted by Gasteiger charge is 2.26. The second-order valence-electron chi connectivity index (χ2n) is 9.05. The molecule has 1 unspecified atom stereocenters. The first-order chi connectivity index (χ1) is 13.8. The van der Waals surface area contributed by atoms with Gasteiger partial charge in [0.2, 0.25) is 0 Å². The van der Waals surface area contributed by atoms with Crippen LogP contribution in [0.3, 0.4) is 0 Å². The quantitative estimate of drug-likeness (QED) is 0.795. The van der Waals surface area contributed by atoms with Gasteiger partial charge in [-0.1, -0.05) is 6.42 Å². The molecule has 1 saturated heterocycles. The highest BCUT2D eigenvalue weighted by molar-refractivity contribution is 7.18. The number of nitrogens with zero attached hydrogens (tertiary/aromatic N) is 2. The third-order valence-electron chi connectivity index (χ3n) is 5.61. The van der Waals surface area contributed by atoms with Crippen LogP contribution in [-0.2, 0) is 24.1 Å². The van der Waals surface area contributed by atoms with Crippen molar-refractivity contribution in [3.8, 4) is 0 Å². The van der Waals surface area contributed by atoms with Crippen LogP contribution in [0, 0.1) is 0 Å². The standard InChI is InChI=1S/C21H30N4O3S/c1-21(2,3)28-20(27)22-11-13-7-4-5-10-25(13)12-16-23-18(26)17-14-8-6-9-15(14)29-19(17)24-16/h13H,4-12H2,1-3H3,(H,22,27)(H,23,24,26). The van der Waals surface area contributed by atoms with Crippen LogP contribution in [0.2, 0.25) is 0 Å². The molecule has 1 aliphatic heterocycles. The average Bonchev–Trinajstić information content (AvgIpc) is 3.20. The van der Waals surface area contributed by atoms with Gasteiger partial charge in [-0.2, -0.15) is 0 Å². The van der Waals surface area contributed by atoms with Crippen molar-refractivity contribution in [1.29, 1.82) is 0 Å². The topological polar surface area (TPSA) is 87.3 Å². The zero-order valence-corrected chi connectivity index (χ0v) is 18.3. The number of likely N-dealkylation sites (tertiary alicyclic amines) is 1. The van der Waals surface area contributed by atoms with Gasteiger partial charge in [0, 0.05) is 17.5 Å². The number of aromatic nitrogens is 2. The van der Waals surface area contributed by atoms with Gasteiger partial charge in [0.1, 0.15) is 16.3 Å². The molecule has 0 spiro atoms. The Bertz CT molecular complexity index is 959. The molecule has 7 nitrogen and oxygen atoms in total. The molecule has 3 heterocycles. The van der Waals surface area contributed by atoms with Crippen LogP contribution in [0.25, 0.3) is 10.2 Å². The van der Waals surface area contributed by atoms with Gasteiger partial charge in [-0.05, 0) is 65.0 Å². The first kappa shape index (κ1) is 20.3. The molecule has 0 radical (unpaired) electrons. The SMILES string of the molecule is CC(C)(C)OC(=O)NCC1CCCCN1Cc1nc2sc3c(c2c(=O)[nH]1)CCC3. The van der Waals surface area contributed by atoms with Crippen molar-refractivity contribution in [3.63, 3.8) is 0 Å². The predicted molar refractivity (Wildman–Crippen MR) is 115 cm³/mol. The lowest BCUT2D eigenvalue weighted by Gasteiger charge is -2.35. The predicted octanol–water partition coefficient (Wildman–Crippen LogP) is 3.35. The van der Waals surface area contributed by atoms with Crippen LogP contribution >= 0.6 is 11.3 Å². The molecule has 2 aromatic rings. The number of hydrogen-bond acceptors (Lipinski definition) is 6. The van der Waals surface area contributed by atoms with Crippen LogP contribution in [0.15, 0.2) is 4.79 Å². The summed E-state index contributed by atoms with van der Waals surface area (Å²) >= 11 is 1.67. The number of aromatic amines is 1. The van der Waals surface area contributed by atoms with Gasteiger partial charge in [0.15, 0.2) is 0 Å². The van der Waals surface area contributed by atoms with E-state index in [0.29, 0.717) is 18.9 Å². The summed E-state index contributed by atoms with van der Waals surface area (Å²) in [6, 6.07) is 0.214. The van der Waals surface area contributed by atoms with Gasteiger partial charge < -0.3 is 15.0 Å². The Kier molecular flexibility index (Phi) is 5.66. The van der Waals surface area contributed by atoms with E-state index in [0.717, 1.165) is 55.3 Å². The van der Waals surface area contributed by atoms with E-state index in [1.54, 1.807) is 11.3 Å². The van der Waals surface area contributed by atoms with E-state index < -0.39 is 5.60 Å². The van der Waals surface area contributed by atoms with Gasteiger partial charge in [-0.15, -0.1) is 11.3 Å². The number of carbonyl (C=O) groups is 1. The second-order valence-corrected chi connectivity index (χ2v) is 10.1. The minimum absolute atomic E-state index is 0.00941. The first-order valence-electron chi connectivity index (χ1n) is 10.5. The maximum Gasteiger partial charge on any atom is 0.407 e. The number of hydrogen-bond donors (Lipinski definition) is 2. The summed E-state index contributed by atoms with van der Waals surface area (Å²) in [5.41, 5.74) is 0.698. The van der Waals surface area contributed by atoms with Crippen molar-refractivity contribution < 1.29 is 9.53 Å². The smallest absolute Gasteiger partial charge is 0.407 e. The molecule has 4 rings (SSSR count). The number of alkyl carbamates (subject to hydrolysis) is 1. The summed E-state index contributed by atoms with van der Waals surface area (Å²) in [5.74, 6) is 0.714. The third-order valence-corrected chi connectivity index (χ3v) is 6.79. The molecule has 1 atom stereocenters. The van der Waals surface area contributed by atoms with Gasteiger partial charge in [-0.3, -0.25) is 9.69 Å². The molecule has 158 valence electrons. The number of piperidine rings is 1. The normalized spacial score (nSPS) is 20.0. The van der Waals surface area contributed by atoms with Crippen molar-refractivity contribution in [2.75, 3.05) is 13.1 Å². The lowest BCUT2D eigenvalue weighted by Crippen LogP contribution is -2.47. The molecular weight excluding hydrogens is 388 g/mol. The van der Waals surface area contributed by atoms with Gasteiger partial charge in [-0.25, -0.2) is 9.78 Å². The lowest BCUT2D eigenvalue weighted by molar-refractivity contribution is 0.0491. The highest BCUT2D eigenvalue weighted by atomic mass is 32.1. The zero-order valence-electron chi connectivity index (χ0n) is 17.5. The third kappa shape index (κ3) is 4.64. The number of H-pyrrole nitrogens is 1. The summed E-state index contributed by atoms with van der Waals surface area (Å²) < 4.78 is 5.35. The van der Waals surface area contributed by atoms with E-state index in [-0.39, 0.29) is 17.7 Å². The maximum atomic E-state index is 12.7. The van der Waals surface area contributed by atoms with Crippen LogP contribution < -0.4 is 10.9 Å². The van der Waals surface area contributed by atoms with Crippen molar-refractivity contribution >= 4 is 27.6 Å². The van der Waals surface area contributed by atoms with E-state index in [2.05, 4.69) is 15.2 Å². The van der Waals surface area contributed by atoms with Crippen LogP contribution in [0.1, 0.15) is 62.7 Å². The monoisotopic (exact) mass is 418 g/mol. The number of carbonyl (C=O) groups excluding carboxylic acids is 1. The Morgan fingerprint density at radius 2 is 2.14 bits per heavy atom. The Hall–Kier alpha value is -1.93. The minimum atomic E-state index is -0.504. The molecule has 0 aromatic carbocycles. The summed E-state index contributed by atoms with van der Waals surface area (Å²) in [4.78, 5) is 37.0. The molecule has 8 heteroatoms. The van der Waals surface area contributed by atoms with Crippen LogP contribution in [0.5, 0.6) is 0 Å². The van der Waals surface area contributed by atoms with E-state index in [4.69, 9.17) is 9.72 Å². The Labute approximate surface area is 174 Å². The molecule has 2 aromatic heterocycles. The molecule has 1 amide bonds. The molecular formula is C21H30N4O3S. The average molecular weight is 419 g/mol. The van der Waals surface area contributed by atoms with Gasteiger partial charge in [0.25, 0.3) is 5.56 Å². The van der Waals surface area contributed by atoms with Gasteiger partial charge in [0.05, 0.1) is 11.9 Å². The van der Waals surface area contributed by atoms with E-state index in [9.17, 15) is 9.59 Å². The molecule has 1 aliphatic carbocycles. The lowest BCUT2D eigenvalue weighted by atomic mass is 10.0. The number of aryl methyl sites for hydroxylation is 2. The largest absolute Gasteiger partial charge is 0.444 e. The summed E-state index contributed by atoms with van der Waals surface area (Å²) in [5, 5.41) is 3.70. The molecule has 2 aliphatic rings. The Morgan fingerprint density at radius 1 is 1.31 bits per heavy atom. The van der Waals surface area contributed by atoms with Crippen molar-refractivity contribution in [3.05, 3.63) is 26.6 Å². The van der Waals surface area contributed by atoms with Crippen molar-refractivity contribution in [2.24, 2.45) is 0 Å². The molecule has 29 heavy (non-hydrogen) atoms. The summed E-state index contributed by atoms with van der Waals surface area (Å²) in [6.07, 6.45) is 6.07. The Balaban J connectivity index is 1.45. The van der Waals surface area contributed by atoms with Crippen molar-refractivity contribution in [2.45, 2.75) is 77.5 Å². The molecule has 0 saturated carbocycles. The van der Waals surface area contributed by atoms with Crippen molar-refractivity contribution in [1.82, 2.24) is 20.2 Å². The second kappa shape index (κ2) is 8.07. The molecule has 1 fully saturated rings. The summed E-state index contributed by atoms with van der Waals surface area (Å²) in [6.45, 7) is 7.64. The highest BCUT2D eigenvalue weighted by Crippen LogP contribution is 2.34. The fraction of sp³-hybridized carbons (Fsp3) is 0.667. The molecule has 0 bridgehead atoms. The van der Waals surface area contributed by atoms with E-state index >= 15 is 0 Å². The fourth-order valence-electron chi connectivity index (χ4n) is 4.33. The number of rotatable bonds is 4. The zero-order chi connectivity index (χ0) is 20.6. The molecule has 2 N–H and O–H groups in total. The Morgan fingerprint density at radius 3 is 2.93 bits per heavy atom. The van der Waals surface area contributed by atoms with E-state index in [1.165, 1.54) is 10.4 Å². The van der Waals surface area contributed by atoms with Crippen LogP contribution in [0.4, 0.5) is 4.79 Å². The minimum Gasteiger partial charge on any atom is -0.444 e. The number of nitrogens with one attached hydrogen (secondary N) is 2. The number of amides is 1. The van der Waals surface area contributed by atoms with Crippen LogP contribution in [-0.4, -0.2) is 45.7 Å². The maximum absolute atomic E-state index is 12.7. The first-order valence-corrected chi connectivity index (χ1v) is 11.4. The number of ether oxygens (including phenoxy) is 1. The number of fused-ring (bicyclic) bond motifs is 3. The fourth-order valence-corrected chi connectivity index (χ4v) is 5.61. The van der Waals surface area contributed by atoms with E-state index in [1.807, 2.05) is 20.8 Å².